The molecule has 0 bridgehead atoms. The Morgan fingerprint density at radius 2 is 2.05 bits per heavy atom. The summed E-state index contributed by atoms with van der Waals surface area (Å²) in [7, 11) is -3.57. The van der Waals surface area contributed by atoms with Crippen LogP contribution in [0.1, 0.15) is 30.4 Å². The molecule has 1 saturated carbocycles. The van der Waals surface area contributed by atoms with Gasteiger partial charge in [0.1, 0.15) is 0 Å². The molecule has 0 spiro atoms. The zero-order chi connectivity index (χ0) is 14.9. The molecule has 1 aromatic rings. The second-order valence-electron chi connectivity index (χ2n) is 5.56. The first-order valence-electron chi connectivity index (χ1n) is 6.85. The number of aliphatic hydroxyl groups excluding tert-OH is 1. The van der Waals surface area contributed by atoms with Gasteiger partial charge in [-0.25, -0.2) is 13.1 Å². The van der Waals surface area contributed by atoms with Gasteiger partial charge in [0, 0.05) is 12.2 Å². The summed E-state index contributed by atoms with van der Waals surface area (Å²) in [6, 6.07) is 3.11. The molecule has 1 aliphatic rings. The Bertz CT molecular complexity index is 575. The lowest BCUT2D eigenvalue weighted by Gasteiger charge is -2.16. The van der Waals surface area contributed by atoms with Gasteiger partial charge in [0.2, 0.25) is 10.0 Å². The lowest BCUT2D eigenvalue weighted by atomic mass is 10.1. The average Bonchev–Trinajstić information content (AvgIpc) is 2.78. The standard InChI is InChI=1S/C14H22N2O3S/c1-9-6-12(7-13(15)10(9)2)20(18,19)16-8-11-4-3-5-14(11)17/h6-7,11,14,16-17H,3-5,8,15H2,1-2H3. The molecule has 0 amide bonds. The van der Waals surface area contributed by atoms with Crippen molar-refractivity contribution in [3.8, 4) is 0 Å². The Hall–Kier alpha value is -1.11. The van der Waals surface area contributed by atoms with Crippen LogP contribution in [0, 0.1) is 19.8 Å². The van der Waals surface area contributed by atoms with Gasteiger partial charge in [-0.15, -0.1) is 0 Å². The van der Waals surface area contributed by atoms with E-state index in [2.05, 4.69) is 4.72 Å². The molecule has 0 aliphatic heterocycles. The van der Waals surface area contributed by atoms with E-state index in [1.807, 2.05) is 13.8 Å². The number of aryl methyl sites for hydroxylation is 1. The number of sulfonamides is 1. The zero-order valence-corrected chi connectivity index (χ0v) is 12.7. The first kappa shape index (κ1) is 15.3. The highest BCUT2D eigenvalue weighted by Crippen LogP contribution is 2.26. The highest BCUT2D eigenvalue weighted by atomic mass is 32.2. The van der Waals surface area contributed by atoms with E-state index in [4.69, 9.17) is 5.73 Å². The Balaban J connectivity index is 2.14. The third kappa shape index (κ3) is 3.13. The van der Waals surface area contributed by atoms with Crippen LogP contribution < -0.4 is 10.5 Å². The van der Waals surface area contributed by atoms with Gasteiger partial charge >= 0.3 is 0 Å². The van der Waals surface area contributed by atoms with Crippen LogP contribution >= 0.6 is 0 Å². The predicted octanol–water partition coefficient (Wildman–Crippen LogP) is 1.32. The Morgan fingerprint density at radius 3 is 2.60 bits per heavy atom. The predicted molar refractivity (Wildman–Crippen MR) is 78.9 cm³/mol. The van der Waals surface area contributed by atoms with Crippen molar-refractivity contribution in [1.82, 2.24) is 4.72 Å². The SMILES string of the molecule is Cc1cc(S(=O)(=O)NCC2CCCC2O)cc(N)c1C. The van der Waals surface area contributed by atoms with Crippen molar-refractivity contribution >= 4 is 15.7 Å². The molecule has 4 N–H and O–H groups in total. The molecule has 2 atom stereocenters. The first-order chi connectivity index (χ1) is 9.31. The maximum Gasteiger partial charge on any atom is 0.240 e. The summed E-state index contributed by atoms with van der Waals surface area (Å²) < 4.78 is 27.1. The normalized spacial score (nSPS) is 23.1. The Labute approximate surface area is 120 Å². The van der Waals surface area contributed by atoms with Crippen molar-refractivity contribution in [2.45, 2.75) is 44.1 Å². The summed E-state index contributed by atoms with van der Waals surface area (Å²) in [4.78, 5) is 0.186. The number of hydrogen-bond acceptors (Lipinski definition) is 4. The van der Waals surface area contributed by atoms with Gasteiger partial charge in [0.05, 0.1) is 11.0 Å². The zero-order valence-electron chi connectivity index (χ0n) is 11.9. The number of nitrogens with one attached hydrogen (secondary N) is 1. The number of hydrogen-bond donors (Lipinski definition) is 3. The topological polar surface area (TPSA) is 92.4 Å². The second-order valence-corrected chi connectivity index (χ2v) is 7.33. The number of aliphatic hydroxyl groups is 1. The minimum Gasteiger partial charge on any atom is -0.398 e. The average molecular weight is 298 g/mol. The quantitative estimate of drug-likeness (QED) is 0.731. The van der Waals surface area contributed by atoms with Crippen molar-refractivity contribution in [3.63, 3.8) is 0 Å². The maximum absolute atomic E-state index is 12.3. The summed E-state index contributed by atoms with van der Waals surface area (Å²) >= 11 is 0. The third-order valence-corrected chi connectivity index (χ3v) is 5.55. The molecule has 112 valence electrons. The van der Waals surface area contributed by atoms with Crippen molar-refractivity contribution < 1.29 is 13.5 Å². The molecule has 20 heavy (non-hydrogen) atoms. The smallest absolute Gasteiger partial charge is 0.240 e. The Kier molecular flexibility index (Phi) is 4.36. The number of anilines is 1. The molecule has 2 unspecified atom stereocenters. The lowest BCUT2D eigenvalue weighted by molar-refractivity contribution is 0.134. The highest BCUT2D eigenvalue weighted by Gasteiger charge is 2.27. The van der Waals surface area contributed by atoms with E-state index in [0.717, 1.165) is 30.4 Å². The molecular formula is C14H22N2O3S. The fourth-order valence-corrected chi connectivity index (χ4v) is 3.78. The number of rotatable bonds is 4. The summed E-state index contributed by atoms with van der Waals surface area (Å²) in [5, 5.41) is 9.73. The van der Waals surface area contributed by atoms with Crippen LogP contribution in [0.3, 0.4) is 0 Å². The van der Waals surface area contributed by atoms with E-state index >= 15 is 0 Å². The van der Waals surface area contributed by atoms with Crippen LogP contribution in [0.2, 0.25) is 0 Å². The summed E-state index contributed by atoms with van der Waals surface area (Å²) in [5.74, 6) is 0.00803. The van der Waals surface area contributed by atoms with E-state index in [-0.39, 0.29) is 17.4 Å². The van der Waals surface area contributed by atoms with Crippen LogP contribution in [0.4, 0.5) is 5.69 Å². The van der Waals surface area contributed by atoms with Gasteiger partial charge in [-0.2, -0.15) is 0 Å². The number of benzene rings is 1. The fraction of sp³-hybridized carbons (Fsp3) is 0.571. The van der Waals surface area contributed by atoms with E-state index in [1.54, 1.807) is 6.07 Å². The molecule has 0 saturated heterocycles. The molecule has 0 radical (unpaired) electrons. The van der Waals surface area contributed by atoms with Crippen LogP contribution in [-0.4, -0.2) is 26.2 Å². The van der Waals surface area contributed by atoms with Gasteiger partial charge in [-0.3, -0.25) is 0 Å². The van der Waals surface area contributed by atoms with Gasteiger partial charge in [-0.1, -0.05) is 6.42 Å². The first-order valence-corrected chi connectivity index (χ1v) is 8.34. The molecule has 0 heterocycles. The number of nitrogens with two attached hydrogens (primary N) is 1. The number of nitrogen functional groups attached to an aromatic ring is 1. The molecule has 1 aliphatic carbocycles. The van der Waals surface area contributed by atoms with Crippen LogP contribution in [0.5, 0.6) is 0 Å². The van der Waals surface area contributed by atoms with Crippen LogP contribution in [-0.2, 0) is 10.0 Å². The molecular weight excluding hydrogens is 276 g/mol. The fourth-order valence-electron chi connectivity index (χ4n) is 2.56. The van der Waals surface area contributed by atoms with Crippen molar-refractivity contribution in [3.05, 3.63) is 23.3 Å². The van der Waals surface area contributed by atoms with E-state index in [1.165, 1.54) is 6.07 Å². The van der Waals surface area contributed by atoms with Gasteiger partial charge in [0.15, 0.2) is 0 Å². The minimum atomic E-state index is -3.57. The Morgan fingerprint density at radius 1 is 1.35 bits per heavy atom. The summed E-state index contributed by atoms with van der Waals surface area (Å²) in [6.45, 7) is 3.98. The summed E-state index contributed by atoms with van der Waals surface area (Å²) in [5.41, 5.74) is 8.06. The van der Waals surface area contributed by atoms with E-state index < -0.39 is 16.1 Å². The minimum absolute atomic E-state index is 0.00803. The molecule has 1 aromatic carbocycles. The largest absolute Gasteiger partial charge is 0.398 e. The van der Waals surface area contributed by atoms with E-state index in [9.17, 15) is 13.5 Å². The molecule has 1 fully saturated rings. The molecule has 5 nitrogen and oxygen atoms in total. The monoisotopic (exact) mass is 298 g/mol. The van der Waals surface area contributed by atoms with Crippen molar-refractivity contribution in [1.29, 1.82) is 0 Å². The molecule has 0 aromatic heterocycles. The second kappa shape index (κ2) is 5.71. The van der Waals surface area contributed by atoms with Crippen LogP contribution in [0.25, 0.3) is 0 Å². The lowest BCUT2D eigenvalue weighted by Crippen LogP contribution is -2.32. The summed E-state index contributed by atoms with van der Waals surface area (Å²) in [6.07, 6.45) is 2.16. The molecule has 6 heteroatoms. The van der Waals surface area contributed by atoms with E-state index in [0.29, 0.717) is 5.69 Å². The van der Waals surface area contributed by atoms with Gasteiger partial charge in [0.25, 0.3) is 0 Å². The van der Waals surface area contributed by atoms with Crippen LogP contribution in [0.15, 0.2) is 17.0 Å². The van der Waals surface area contributed by atoms with Gasteiger partial charge < -0.3 is 10.8 Å². The highest BCUT2D eigenvalue weighted by molar-refractivity contribution is 7.89. The maximum atomic E-state index is 12.3. The van der Waals surface area contributed by atoms with Crippen molar-refractivity contribution in [2.75, 3.05) is 12.3 Å². The van der Waals surface area contributed by atoms with Crippen molar-refractivity contribution in [2.24, 2.45) is 5.92 Å². The molecule has 2 rings (SSSR count). The third-order valence-electron chi connectivity index (χ3n) is 4.15. The van der Waals surface area contributed by atoms with Gasteiger partial charge in [-0.05, 0) is 55.9 Å².